The summed E-state index contributed by atoms with van der Waals surface area (Å²) in [6.07, 6.45) is 2.90. The number of aromatic nitrogens is 1. The van der Waals surface area contributed by atoms with Crippen molar-refractivity contribution < 1.29 is 14.5 Å². The lowest BCUT2D eigenvalue weighted by molar-refractivity contribution is -0.385. The third kappa shape index (κ3) is 3.27. The number of ether oxygens (including phenoxy) is 1. The molecule has 2 rings (SSSR count). The number of carbonyl (C=O) groups is 1. The molecule has 0 saturated carbocycles. The molecule has 1 saturated heterocycles. The van der Waals surface area contributed by atoms with E-state index in [1.54, 1.807) is 19.1 Å². The van der Waals surface area contributed by atoms with Crippen LogP contribution in [0.25, 0.3) is 0 Å². The second-order valence-corrected chi connectivity index (χ2v) is 4.85. The van der Waals surface area contributed by atoms with Crippen LogP contribution in [0.5, 0.6) is 0 Å². The predicted octanol–water partition coefficient (Wildman–Crippen LogP) is 1.28. The Labute approximate surface area is 122 Å². The van der Waals surface area contributed by atoms with Gasteiger partial charge in [-0.3, -0.25) is 14.9 Å². The van der Waals surface area contributed by atoms with Gasteiger partial charge in [-0.05, 0) is 12.8 Å². The number of methoxy groups -OCH3 is 1. The highest BCUT2D eigenvalue weighted by Crippen LogP contribution is 2.22. The number of anilines is 1. The van der Waals surface area contributed by atoms with Crippen LogP contribution in [0.4, 0.5) is 11.5 Å². The number of nitrogens with zero attached hydrogens (tertiary/aromatic N) is 3. The second-order valence-electron chi connectivity index (χ2n) is 4.85. The summed E-state index contributed by atoms with van der Waals surface area (Å²) < 4.78 is 5.29. The molecule has 1 N–H and O–H groups in total. The van der Waals surface area contributed by atoms with Gasteiger partial charge < -0.3 is 15.0 Å². The van der Waals surface area contributed by atoms with Gasteiger partial charge in [0.25, 0.3) is 11.6 Å². The molecular weight excluding hydrogens is 276 g/mol. The minimum atomic E-state index is -0.558. The van der Waals surface area contributed by atoms with Crippen molar-refractivity contribution in [2.75, 3.05) is 32.6 Å². The summed E-state index contributed by atoms with van der Waals surface area (Å²) in [6, 6.07) is 1.26. The molecule has 2 heterocycles. The number of nitrogens with one attached hydrogen (secondary N) is 1. The largest absolute Gasteiger partial charge is 0.380 e. The molecule has 0 bridgehead atoms. The minimum absolute atomic E-state index is 0.00685. The van der Waals surface area contributed by atoms with Crippen LogP contribution in [0, 0.1) is 10.1 Å². The third-order valence-corrected chi connectivity index (χ3v) is 3.55. The predicted molar refractivity (Wildman–Crippen MR) is 76.4 cm³/mol. The molecule has 114 valence electrons. The SMILES string of the molecule is CNc1ncc([N+](=O)[O-])cc1C(=O)N1CCCC(OC)C1. The Morgan fingerprint density at radius 1 is 1.62 bits per heavy atom. The molecule has 1 atom stereocenters. The minimum Gasteiger partial charge on any atom is -0.380 e. The molecule has 8 heteroatoms. The van der Waals surface area contributed by atoms with Crippen LogP contribution in [0.15, 0.2) is 12.3 Å². The molecule has 1 aliphatic rings. The number of hydrogen-bond acceptors (Lipinski definition) is 6. The average molecular weight is 294 g/mol. The van der Waals surface area contributed by atoms with Gasteiger partial charge in [0.2, 0.25) is 0 Å². The summed E-state index contributed by atoms with van der Waals surface area (Å²) >= 11 is 0. The van der Waals surface area contributed by atoms with Crippen molar-refractivity contribution in [3.8, 4) is 0 Å². The monoisotopic (exact) mass is 294 g/mol. The van der Waals surface area contributed by atoms with Gasteiger partial charge in [0.15, 0.2) is 0 Å². The van der Waals surface area contributed by atoms with Crippen LogP contribution in [0.1, 0.15) is 23.2 Å². The Hall–Kier alpha value is -2.22. The van der Waals surface area contributed by atoms with Crippen LogP contribution in [-0.2, 0) is 4.74 Å². The van der Waals surface area contributed by atoms with Crippen molar-refractivity contribution >= 4 is 17.4 Å². The molecule has 1 aliphatic heterocycles. The van der Waals surface area contributed by atoms with E-state index in [-0.39, 0.29) is 23.3 Å². The van der Waals surface area contributed by atoms with E-state index in [4.69, 9.17) is 4.74 Å². The lowest BCUT2D eigenvalue weighted by Gasteiger charge is -2.32. The number of nitro groups is 1. The Bertz CT molecular complexity index is 549. The second kappa shape index (κ2) is 6.49. The van der Waals surface area contributed by atoms with Crippen molar-refractivity contribution in [1.29, 1.82) is 0 Å². The van der Waals surface area contributed by atoms with Gasteiger partial charge in [0.1, 0.15) is 12.0 Å². The van der Waals surface area contributed by atoms with E-state index in [1.807, 2.05) is 0 Å². The van der Waals surface area contributed by atoms with Gasteiger partial charge in [-0.2, -0.15) is 0 Å². The van der Waals surface area contributed by atoms with Gasteiger partial charge in [0, 0.05) is 33.3 Å². The van der Waals surface area contributed by atoms with Gasteiger partial charge in [-0.1, -0.05) is 0 Å². The van der Waals surface area contributed by atoms with Gasteiger partial charge in [-0.15, -0.1) is 0 Å². The Kier molecular flexibility index (Phi) is 4.69. The third-order valence-electron chi connectivity index (χ3n) is 3.55. The first kappa shape index (κ1) is 15.2. The van der Waals surface area contributed by atoms with Crippen molar-refractivity contribution in [3.63, 3.8) is 0 Å². The number of hydrogen-bond donors (Lipinski definition) is 1. The average Bonchev–Trinajstić information content (AvgIpc) is 2.53. The summed E-state index contributed by atoms with van der Waals surface area (Å²) in [4.78, 5) is 28.5. The van der Waals surface area contributed by atoms with Crippen LogP contribution in [0.3, 0.4) is 0 Å². The lowest BCUT2D eigenvalue weighted by atomic mass is 10.1. The molecule has 1 unspecified atom stereocenters. The van der Waals surface area contributed by atoms with Crippen LogP contribution < -0.4 is 5.32 Å². The molecule has 1 aromatic rings. The maximum Gasteiger partial charge on any atom is 0.288 e. The number of carbonyl (C=O) groups excluding carboxylic acids is 1. The van der Waals surface area contributed by atoms with Crippen molar-refractivity contribution in [1.82, 2.24) is 9.88 Å². The van der Waals surface area contributed by atoms with Crippen molar-refractivity contribution in [2.45, 2.75) is 18.9 Å². The Balaban J connectivity index is 2.28. The molecule has 0 radical (unpaired) electrons. The summed E-state index contributed by atoms with van der Waals surface area (Å²) in [5, 5.41) is 13.6. The molecule has 21 heavy (non-hydrogen) atoms. The van der Waals surface area contributed by atoms with E-state index in [1.165, 1.54) is 6.07 Å². The van der Waals surface area contributed by atoms with E-state index in [0.29, 0.717) is 18.9 Å². The quantitative estimate of drug-likeness (QED) is 0.663. The highest BCUT2D eigenvalue weighted by Gasteiger charge is 2.27. The number of amides is 1. The van der Waals surface area contributed by atoms with E-state index in [9.17, 15) is 14.9 Å². The molecule has 8 nitrogen and oxygen atoms in total. The zero-order valence-electron chi connectivity index (χ0n) is 12.0. The van der Waals surface area contributed by atoms with E-state index < -0.39 is 4.92 Å². The normalized spacial score (nSPS) is 18.4. The fourth-order valence-electron chi connectivity index (χ4n) is 2.40. The highest BCUT2D eigenvalue weighted by atomic mass is 16.6. The maximum absolute atomic E-state index is 12.6. The zero-order chi connectivity index (χ0) is 15.4. The molecule has 0 aromatic carbocycles. The molecular formula is C13H18N4O4. The topological polar surface area (TPSA) is 97.6 Å². The number of pyridine rings is 1. The standard InChI is InChI=1S/C13H18N4O4/c1-14-12-11(6-9(7-15-12)17(19)20)13(18)16-5-3-4-10(8-16)21-2/h6-7,10H,3-5,8H2,1-2H3,(H,14,15). The van der Waals surface area contributed by atoms with E-state index in [2.05, 4.69) is 10.3 Å². The zero-order valence-corrected chi connectivity index (χ0v) is 12.0. The van der Waals surface area contributed by atoms with E-state index in [0.717, 1.165) is 19.0 Å². The highest BCUT2D eigenvalue weighted by molar-refractivity contribution is 5.99. The first-order valence-corrected chi connectivity index (χ1v) is 6.71. The first-order chi connectivity index (χ1) is 10.1. The van der Waals surface area contributed by atoms with Crippen LogP contribution in [0.2, 0.25) is 0 Å². The Morgan fingerprint density at radius 3 is 3.00 bits per heavy atom. The van der Waals surface area contributed by atoms with Gasteiger partial charge in [0.05, 0.1) is 16.6 Å². The Morgan fingerprint density at radius 2 is 2.38 bits per heavy atom. The number of likely N-dealkylation sites (tertiary alicyclic amines) is 1. The van der Waals surface area contributed by atoms with E-state index >= 15 is 0 Å². The van der Waals surface area contributed by atoms with Crippen molar-refractivity contribution in [2.24, 2.45) is 0 Å². The molecule has 1 aromatic heterocycles. The van der Waals surface area contributed by atoms with Gasteiger partial charge >= 0.3 is 0 Å². The first-order valence-electron chi connectivity index (χ1n) is 6.71. The summed E-state index contributed by atoms with van der Waals surface area (Å²) in [6.45, 7) is 1.10. The van der Waals surface area contributed by atoms with Crippen LogP contribution in [-0.4, -0.2) is 54.1 Å². The smallest absolute Gasteiger partial charge is 0.288 e. The molecule has 1 fully saturated rings. The number of piperidine rings is 1. The lowest BCUT2D eigenvalue weighted by Crippen LogP contribution is -2.43. The summed E-state index contributed by atoms with van der Waals surface area (Å²) in [5.41, 5.74) is 0.0149. The maximum atomic E-state index is 12.6. The molecule has 1 amide bonds. The fourth-order valence-corrected chi connectivity index (χ4v) is 2.40. The molecule has 0 spiro atoms. The fraction of sp³-hybridized carbons (Fsp3) is 0.538. The van der Waals surface area contributed by atoms with Crippen molar-refractivity contribution in [3.05, 3.63) is 27.9 Å². The summed E-state index contributed by atoms with van der Waals surface area (Å²) in [7, 11) is 3.24. The molecule has 0 aliphatic carbocycles. The number of rotatable bonds is 4. The van der Waals surface area contributed by atoms with Gasteiger partial charge in [-0.25, -0.2) is 4.98 Å². The summed E-state index contributed by atoms with van der Waals surface area (Å²) in [5.74, 6) is 0.0717. The van der Waals surface area contributed by atoms with Crippen LogP contribution >= 0.6 is 0 Å².